The molecule has 1 unspecified atom stereocenters. The summed E-state index contributed by atoms with van der Waals surface area (Å²) in [6, 6.07) is 4.09. The second-order valence-electron chi connectivity index (χ2n) is 5.25. The number of aliphatic hydroxyl groups is 1. The summed E-state index contributed by atoms with van der Waals surface area (Å²) in [6.07, 6.45) is 1.90. The Morgan fingerprint density at radius 3 is 2.50 bits per heavy atom. The van der Waals surface area contributed by atoms with E-state index >= 15 is 0 Å². The van der Waals surface area contributed by atoms with E-state index in [9.17, 15) is 9.90 Å². The fourth-order valence-corrected chi connectivity index (χ4v) is 2.95. The first kappa shape index (κ1) is 13.1. The van der Waals surface area contributed by atoms with E-state index in [4.69, 9.17) is 0 Å². The van der Waals surface area contributed by atoms with Crippen LogP contribution in [0.1, 0.15) is 39.9 Å². The van der Waals surface area contributed by atoms with Crippen LogP contribution in [-0.2, 0) is 0 Å². The number of aliphatic hydroxyl groups excluding tert-OH is 1. The van der Waals surface area contributed by atoms with Crippen molar-refractivity contribution in [3.63, 3.8) is 0 Å². The summed E-state index contributed by atoms with van der Waals surface area (Å²) < 4.78 is 0. The smallest absolute Gasteiger partial charge is 0.254 e. The minimum absolute atomic E-state index is 0.00222. The molecule has 2 rings (SSSR count). The molecule has 1 amide bonds. The van der Waals surface area contributed by atoms with Gasteiger partial charge in [0.05, 0.1) is 12.6 Å². The van der Waals surface area contributed by atoms with Crippen LogP contribution < -0.4 is 0 Å². The molecule has 1 heterocycles. The zero-order valence-corrected chi connectivity index (χ0v) is 11.4. The summed E-state index contributed by atoms with van der Waals surface area (Å²) in [5, 5.41) is 9.32. The number of carbonyl (C=O) groups excluding carboxylic acids is 1. The molecule has 3 nitrogen and oxygen atoms in total. The van der Waals surface area contributed by atoms with Gasteiger partial charge in [-0.3, -0.25) is 4.79 Å². The Morgan fingerprint density at radius 1 is 1.33 bits per heavy atom. The first-order valence-electron chi connectivity index (χ1n) is 6.54. The van der Waals surface area contributed by atoms with Crippen LogP contribution in [0.2, 0.25) is 0 Å². The molecule has 0 bridgehead atoms. The number of aryl methyl sites for hydroxylation is 3. The van der Waals surface area contributed by atoms with E-state index in [-0.39, 0.29) is 18.6 Å². The third-order valence-electron chi connectivity index (χ3n) is 3.74. The SMILES string of the molecule is Cc1cc(C)c(C(=O)N2CCCC2CO)c(C)c1. The minimum atomic E-state index is -0.00222. The van der Waals surface area contributed by atoms with Gasteiger partial charge >= 0.3 is 0 Å². The lowest BCUT2D eigenvalue weighted by Gasteiger charge is -2.25. The van der Waals surface area contributed by atoms with Crippen LogP contribution in [0, 0.1) is 20.8 Å². The van der Waals surface area contributed by atoms with Crippen molar-refractivity contribution >= 4 is 5.91 Å². The maximum Gasteiger partial charge on any atom is 0.254 e. The Balaban J connectivity index is 2.34. The number of carbonyl (C=O) groups is 1. The van der Waals surface area contributed by atoms with Crippen molar-refractivity contribution in [3.8, 4) is 0 Å². The quantitative estimate of drug-likeness (QED) is 0.870. The molecule has 1 aliphatic heterocycles. The van der Waals surface area contributed by atoms with Crippen molar-refractivity contribution in [1.29, 1.82) is 0 Å². The molecule has 0 saturated carbocycles. The van der Waals surface area contributed by atoms with Gasteiger partial charge in [-0.1, -0.05) is 17.7 Å². The molecule has 0 spiro atoms. The maximum atomic E-state index is 12.6. The van der Waals surface area contributed by atoms with Crippen LogP contribution in [0.3, 0.4) is 0 Å². The fourth-order valence-electron chi connectivity index (χ4n) is 2.95. The van der Waals surface area contributed by atoms with Crippen molar-refractivity contribution < 1.29 is 9.90 Å². The molecule has 1 N–H and O–H groups in total. The highest BCUT2D eigenvalue weighted by molar-refractivity contribution is 5.97. The average Bonchev–Trinajstić information content (AvgIpc) is 2.75. The van der Waals surface area contributed by atoms with E-state index < -0.39 is 0 Å². The third kappa shape index (κ3) is 2.27. The number of amides is 1. The van der Waals surface area contributed by atoms with E-state index in [1.54, 1.807) is 0 Å². The second-order valence-corrected chi connectivity index (χ2v) is 5.25. The predicted octanol–water partition coefficient (Wildman–Crippen LogP) is 2.21. The van der Waals surface area contributed by atoms with Crippen LogP contribution in [0.25, 0.3) is 0 Å². The largest absolute Gasteiger partial charge is 0.394 e. The van der Waals surface area contributed by atoms with Crippen molar-refractivity contribution in [2.45, 2.75) is 39.7 Å². The number of hydrogen-bond donors (Lipinski definition) is 1. The van der Waals surface area contributed by atoms with Crippen LogP contribution in [0.4, 0.5) is 0 Å². The van der Waals surface area contributed by atoms with Crippen LogP contribution in [0.5, 0.6) is 0 Å². The average molecular weight is 247 g/mol. The summed E-state index contributed by atoms with van der Waals surface area (Å²) in [7, 11) is 0. The molecule has 3 heteroatoms. The van der Waals surface area contributed by atoms with E-state index in [2.05, 4.69) is 0 Å². The predicted molar refractivity (Wildman–Crippen MR) is 71.8 cm³/mol. The van der Waals surface area contributed by atoms with Gasteiger partial charge in [-0.05, 0) is 44.7 Å². The molecule has 0 aromatic heterocycles. The minimum Gasteiger partial charge on any atom is -0.394 e. The van der Waals surface area contributed by atoms with E-state index in [1.807, 2.05) is 37.8 Å². The van der Waals surface area contributed by atoms with Gasteiger partial charge in [-0.2, -0.15) is 0 Å². The van der Waals surface area contributed by atoms with E-state index in [0.717, 1.165) is 36.1 Å². The van der Waals surface area contributed by atoms with Crippen molar-refractivity contribution in [2.24, 2.45) is 0 Å². The van der Waals surface area contributed by atoms with Gasteiger partial charge in [0.1, 0.15) is 0 Å². The molecule has 1 saturated heterocycles. The van der Waals surface area contributed by atoms with Gasteiger partial charge in [0.2, 0.25) is 0 Å². The summed E-state index contributed by atoms with van der Waals surface area (Å²) in [5.74, 6) is 0.0709. The van der Waals surface area contributed by atoms with Gasteiger partial charge in [0.25, 0.3) is 5.91 Å². The number of hydrogen-bond acceptors (Lipinski definition) is 2. The Kier molecular flexibility index (Phi) is 3.71. The molecule has 1 aliphatic rings. The number of rotatable bonds is 2. The maximum absolute atomic E-state index is 12.6. The topological polar surface area (TPSA) is 40.5 Å². The summed E-state index contributed by atoms with van der Waals surface area (Å²) in [4.78, 5) is 14.4. The molecule has 98 valence electrons. The number of benzene rings is 1. The van der Waals surface area contributed by atoms with Crippen LogP contribution in [-0.4, -0.2) is 35.1 Å². The Bertz CT molecular complexity index is 445. The molecule has 1 aromatic rings. The zero-order chi connectivity index (χ0) is 13.3. The van der Waals surface area contributed by atoms with Gasteiger partial charge in [0, 0.05) is 12.1 Å². The van der Waals surface area contributed by atoms with Crippen molar-refractivity contribution in [2.75, 3.05) is 13.2 Å². The molecule has 18 heavy (non-hydrogen) atoms. The van der Waals surface area contributed by atoms with Gasteiger partial charge in [-0.25, -0.2) is 0 Å². The Hall–Kier alpha value is -1.35. The molecular formula is C15H21NO2. The monoisotopic (exact) mass is 247 g/mol. The Morgan fingerprint density at radius 2 is 1.94 bits per heavy atom. The van der Waals surface area contributed by atoms with Crippen LogP contribution in [0.15, 0.2) is 12.1 Å². The first-order chi connectivity index (χ1) is 8.54. The van der Waals surface area contributed by atoms with Crippen molar-refractivity contribution in [3.05, 3.63) is 34.4 Å². The van der Waals surface area contributed by atoms with Gasteiger partial charge in [-0.15, -0.1) is 0 Å². The zero-order valence-electron chi connectivity index (χ0n) is 11.4. The van der Waals surface area contributed by atoms with E-state index in [1.165, 1.54) is 5.56 Å². The lowest BCUT2D eigenvalue weighted by molar-refractivity contribution is 0.0676. The summed E-state index contributed by atoms with van der Waals surface area (Å²) in [6.45, 7) is 6.83. The second kappa shape index (κ2) is 5.11. The highest BCUT2D eigenvalue weighted by Crippen LogP contribution is 2.24. The number of nitrogens with zero attached hydrogens (tertiary/aromatic N) is 1. The van der Waals surface area contributed by atoms with Crippen LogP contribution >= 0.6 is 0 Å². The molecule has 1 atom stereocenters. The van der Waals surface area contributed by atoms with Gasteiger partial charge < -0.3 is 10.0 Å². The highest BCUT2D eigenvalue weighted by atomic mass is 16.3. The highest BCUT2D eigenvalue weighted by Gasteiger charge is 2.30. The van der Waals surface area contributed by atoms with E-state index in [0.29, 0.717) is 0 Å². The lowest BCUT2D eigenvalue weighted by atomic mass is 9.98. The Labute approximate surface area is 108 Å². The molecule has 0 radical (unpaired) electrons. The molecule has 1 fully saturated rings. The third-order valence-corrected chi connectivity index (χ3v) is 3.74. The summed E-state index contributed by atoms with van der Waals surface area (Å²) in [5.41, 5.74) is 4.05. The molecule has 0 aliphatic carbocycles. The fraction of sp³-hybridized carbons (Fsp3) is 0.533. The first-order valence-corrected chi connectivity index (χ1v) is 6.54. The normalized spacial score (nSPS) is 19.3. The summed E-state index contributed by atoms with van der Waals surface area (Å²) >= 11 is 0. The standard InChI is InChI=1S/C15H21NO2/c1-10-7-11(2)14(12(3)8-10)15(18)16-6-4-5-13(16)9-17/h7-8,13,17H,4-6,9H2,1-3H3. The molecular weight excluding hydrogens is 226 g/mol. The van der Waals surface area contributed by atoms with Gasteiger partial charge in [0.15, 0.2) is 0 Å². The lowest BCUT2D eigenvalue weighted by Crippen LogP contribution is -2.38. The van der Waals surface area contributed by atoms with Crippen molar-refractivity contribution in [1.82, 2.24) is 4.90 Å². The number of likely N-dealkylation sites (tertiary alicyclic amines) is 1. The molecule has 1 aromatic carbocycles.